The molecule has 0 amide bonds. The molecule has 4 heterocycles. The van der Waals surface area contributed by atoms with Crippen LogP contribution in [0.1, 0.15) is 21.1 Å². The predicted molar refractivity (Wildman–Crippen MR) is 222 cm³/mol. The molecule has 5 aromatic carbocycles. The molecule has 0 saturated carbocycles. The molecule has 0 atom stereocenters. The van der Waals surface area contributed by atoms with E-state index in [1.165, 1.54) is 5.19 Å². The minimum Gasteiger partial charge on any atom is -0.501 e. The van der Waals surface area contributed by atoms with Crippen molar-refractivity contribution in [3.63, 3.8) is 0 Å². The molecule has 7 heteroatoms. The molecule has 0 fully saturated rings. The van der Waals surface area contributed by atoms with Gasteiger partial charge in [-0.05, 0) is 67.3 Å². The fourth-order valence-corrected chi connectivity index (χ4v) is 7.80. The van der Waals surface area contributed by atoms with Crippen LogP contribution in [0.25, 0.3) is 72.4 Å². The van der Waals surface area contributed by atoms with Crippen LogP contribution in [0.15, 0.2) is 138 Å². The molecule has 0 aliphatic carbocycles. The monoisotopic (exact) mass is 900 g/mol. The maximum Gasteiger partial charge on any atom is 0.120 e. The number of aromatic nitrogens is 4. The van der Waals surface area contributed by atoms with Crippen molar-refractivity contribution in [1.29, 1.82) is 0 Å². The Morgan fingerprint density at radius 2 is 1.52 bits per heavy atom. The summed E-state index contributed by atoms with van der Waals surface area (Å²) in [6.07, 6.45) is 2.02. The Balaban J connectivity index is 0.000000246. The number of hydrogen-bond donors (Lipinski definition) is 0. The van der Waals surface area contributed by atoms with Gasteiger partial charge in [0, 0.05) is 52.9 Å². The zero-order valence-corrected chi connectivity index (χ0v) is 34.1. The zero-order valence-electron chi connectivity index (χ0n) is 33.7. The summed E-state index contributed by atoms with van der Waals surface area (Å²) >= 11 is 0. The van der Waals surface area contributed by atoms with Crippen molar-refractivity contribution in [3.05, 3.63) is 163 Å². The van der Waals surface area contributed by atoms with E-state index in [1.807, 2.05) is 105 Å². The van der Waals surface area contributed by atoms with Gasteiger partial charge in [0.25, 0.3) is 0 Å². The maximum atomic E-state index is 7.75. The van der Waals surface area contributed by atoms with Crippen LogP contribution in [0.2, 0.25) is 19.6 Å². The molecule has 4 aromatic heterocycles. The van der Waals surface area contributed by atoms with Crippen molar-refractivity contribution in [1.82, 2.24) is 19.5 Å². The number of hydrogen-bond acceptors (Lipinski definition) is 4. The van der Waals surface area contributed by atoms with Crippen molar-refractivity contribution in [2.24, 2.45) is 0 Å². The van der Waals surface area contributed by atoms with Crippen LogP contribution in [0.5, 0.6) is 0 Å². The van der Waals surface area contributed by atoms with Gasteiger partial charge in [-0.15, -0.1) is 48.0 Å². The summed E-state index contributed by atoms with van der Waals surface area (Å²) in [5.74, 6) is 0.722. The van der Waals surface area contributed by atoms with E-state index in [9.17, 15) is 0 Å². The van der Waals surface area contributed by atoms with Crippen LogP contribution in [0, 0.1) is 32.8 Å². The molecule has 0 bridgehead atoms. The molecular formula is C47H40IrN4OSi-2. The topological polar surface area (TPSA) is 56.7 Å². The number of furan rings is 1. The van der Waals surface area contributed by atoms with Crippen molar-refractivity contribution in [2.75, 3.05) is 0 Å². The van der Waals surface area contributed by atoms with E-state index in [-0.39, 0.29) is 20.1 Å². The number of benzene rings is 5. The Bertz CT molecular complexity index is 2820. The Morgan fingerprint density at radius 1 is 0.778 bits per heavy atom. The van der Waals surface area contributed by atoms with E-state index in [0.717, 1.165) is 78.2 Å². The first kappa shape index (κ1) is 33.1. The van der Waals surface area contributed by atoms with E-state index >= 15 is 0 Å². The van der Waals surface area contributed by atoms with E-state index in [1.54, 1.807) is 12.1 Å². The average molecular weight is 900 g/mol. The van der Waals surface area contributed by atoms with E-state index < -0.39 is 14.9 Å². The quantitative estimate of drug-likeness (QED) is 0.128. The number of para-hydroxylation sites is 3. The number of nitrogens with zero attached hydrogens (tertiary/aromatic N) is 4. The van der Waals surface area contributed by atoms with Crippen molar-refractivity contribution >= 4 is 46.2 Å². The second-order valence-electron chi connectivity index (χ2n) is 14.3. The number of pyridine rings is 2. The summed E-state index contributed by atoms with van der Waals surface area (Å²) in [6.45, 7) is 8.82. The summed E-state index contributed by atoms with van der Waals surface area (Å²) in [6, 6.07) is 48.1. The van der Waals surface area contributed by atoms with Crippen LogP contribution in [-0.2, 0) is 20.1 Å². The van der Waals surface area contributed by atoms with Crippen LogP contribution < -0.4 is 5.19 Å². The second kappa shape index (κ2) is 15.1. The van der Waals surface area contributed by atoms with Crippen molar-refractivity contribution in [2.45, 2.75) is 40.3 Å². The molecule has 5 nitrogen and oxygen atoms in total. The first-order valence-electron chi connectivity index (χ1n) is 19.2. The smallest absolute Gasteiger partial charge is 0.120 e. The Kier molecular flexibility index (Phi) is 9.27. The normalized spacial score (nSPS) is 12.4. The van der Waals surface area contributed by atoms with Gasteiger partial charge in [-0.25, -0.2) is 0 Å². The third-order valence-electron chi connectivity index (χ3n) is 9.37. The zero-order chi connectivity index (χ0) is 39.2. The molecule has 1 radical (unpaired) electrons. The van der Waals surface area contributed by atoms with Gasteiger partial charge < -0.3 is 14.0 Å². The third-order valence-corrected chi connectivity index (χ3v) is 11.4. The molecular weight excluding hydrogens is 857 g/mol. The fraction of sp³-hybridized carbons (Fsp3) is 0.128. The molecule has 269 valence electrons. The second-order valence-corrected chi connectivity index (χ2v) is 19.4. The minimum atomic E-state index is -2.16. The Hall–Kier alpha value is -5.46. The van der Waals surface area contributed by atoms with Gasteiger partial charge in [0.15, 0.2) is 0 Å². The van der Waals surface area contributed by atoms with E-state index in [2.05, 4.69) is 76.6 Å². The molecule has 54 heavy (non-hydrogen) atoms. The molecule has 0 unspecified atom stereocenters. The van der Waals surface area contributed by atoms with Crippen LogP contribution in [0.4, 0.5) is 0 Å². The largest absolute Gasteiger partial charge is 0.501 e. The molecule has 9 aromatic rings. The Morgan fingerprint density at radius 3 is 2.22 bits per heavy atom. The van der Waals surface area contributed by atoms with Gasteiger partial charge in [-0.2, -0.15) is 0 Å². The molecule has 0 N–H and O–H groups in total. The summed E-state index contributed by atoms with van der Waals surface area (Å²) in [4.78, 5) is 14.2. The first-order valence-corrected chi connectivity index (χ1v) is 21.2. The molecule has 0 aliphatic heterocycles. The number of fused-ring (bicyclic) bond motifs is 4. The third kappa shape index (κ3) is 7.23. The van der Waals surface area contributed by atoms with Gasteiger partial charge >= 0.3 is 0 Å². The maximum absolute atomic E-state index is 7.75. The first-order chi connectivity index (χ1) is 26.8. The summed E-state index contributed by atoms with van der Waals surface area (Å²) in [7, 11) is -1.23. The van der Waals surface area contributed by atoms with Crippen LogP contribution >= 0.6 is 0 Å². The SMILES string of the molecule is C[Si](C)(C)c1ccc(-c2[c-]cccc2)nc1.[2H]C([2H])([2H])c1ccc(-c2c[c-]c(-c3nc4ccccc4n3-c3cc(C)nc(C)c3)c3oc4ccccc4c23)cc1.[Ir]. The number of aryl methyl sites for hydroxylation is 3. The standard InChI is InChI=1S/C33H24N3O.C14H16NSi.Ir/c1-20-12-14-23(15-13-20)25-16-17-27(32-31(25)26-8-4-7-11-30(26)37-32)33-35-28-9-5-6-10-29(28)36(33)24-18-21(2)34-22(3)19-24;1-16(2,3)13-9-10-14(15-11-13)12-7-5-4-6-8-12;/h4-16,18-19H,1-3H3;4-7,9-11H,1-3H3;/q2*-1;/i1D3;;. The predicted octanol–water partition coefficient (Wildman–Crippen LogP) is 11.5. The van der Waals surface area contributed by atoms with Gasteiger partial charge in [-0.3, -0.25) is 9.97 Å². The van der Waals surface area contributed by atoms with Gasteiger partial charge in [0.05, 0.1) is 30.5 Å². The summed E-state index contributed by atoms with van der Waals surface area (Å²) in [5, 5.41) is 3.31. The molecule has 0 spiro atoms. The van der Waals surface area contributed by atoms with Gasteiger partial charge in [0.1, 0.15) is 5.58 Å². The van der Waals surface area contributed by atoms with Gasteiger partial charge in [-0.1, -0.05) is 109 Å². The average Bonchev–Trinajstić information content (AvgIpc) is 3.77. The summed E-state index contributed by atoms with van der Waals surface area (Å²) in [5.41, 5.74) is 11.0. The van der Waals surface area contributed by atoms with Crippen molar-refractivity contribution in [3.8, 4) is 39.5 Å². The molecule has 9 rings (SSSR count). The van der Waals surface area contributed by atoms with E-state index in [0.29, 0.717) is 11.1 Å². The number of imidazole rings is 1. The molecule has 0 saturated heterocycles. The summed E-state index contributed by atoms with van der Waals surface area (Å²) < 4.78 is 31.9. The molecule has 0 aliphatic rings. The van der Waals surface area contributed by atoms with E-state index in [4.69, 9.17) is 13.5 Å². The number of rotatable bonds is 5. The minimum absolute atomic E-state index is 0. The fourth-order valence-electron chi connectivity index (χ4n) is 6.76. The van der Waals surface area contributed by atoms with Crippen LogP contribution in [0.3, 0.4) is 0 Å². The Labute approximate surface area is 335 Å². The van der Waals surface area contributed by atoms with Crippen LogP contribution in [-0.4, -0.2) is 27.6 Å². The van der Waals surface area contributed by atoms with Gasteiger partial charge in [0.2, 0.25) is 0 Å². The van der Waals surface area contributed by atoms with Crippen molar-refractivity contribution < 1.29 is 28.6 Å².